The third-order valence-electron chi connectivity index (χ3n) is 2.92. The van der Waals surface area contributed by atoms with Gasteiger partial charge in [0, 0.05) is 12.8 Å². The highest BCUT2D eigenvalue weighted by molar-refractivity contribution is 7.99. The molecule has 5 heteroatoms. The van der Waals surface area contributed by atoms with Crippen LogP contribution < -0.4 is 10.5 Å². The number of nitrogens with two attached hydrogens (primary N) is 1. The molecule has 0 aliphatic carbocycles. The van der Waals surface area contributed by atoms with Gasteiger partial charge in [-0.2, -0.15) is 5.10 Å². The van der Waals surface area contributed by atoms with Crippen molar-refractivity contribution in [2.75, 3.05) is 18.9 Å². The number of rotatable bonds is 7. The van der Waals surface area contributed by atoms with Crippen LogP contribution in [0.4, 0.5) is 0 Å². The SMILES string of the molecule is Cc1cc(SCCOc2ccc(CCN)cc2)n(C)n1. The molecule has 1 aromatic carbocycles. The van der Waals surface area contributed by atoms with Crippen LogP contribution in [0.25, 0.3) is 0 Å². The van der Waals surface area contributed by atoms with Gasteiger partial charge >= 0.3 is 0 Å². The van der Waals surface area contributed by atoms with Gasteiger partial charge in [0.1, 0.15) is 5.75 Å². The van der Waals surface area contributed by atoms with Crippen LogP contribution >= 0.6 is 11.8 Å². The number of aromatic nitrogens is 2. The normalized spacial score (nSPS) is 10.8. The Bertz CT molecular complexity index is 537. The molecule has 0 amide bonds. The van der Waals surface area contributed by atoms with E-state index in [2.05, 4.69) is 23.3 Å². The molecule has 0 spiro atoms. The van der Waals surface area contributed by atoms with E-state index in [9.17, 15) is 0 Å². The van der Waals surface area contributed by atoms with Crippen LogP contribution in [-0.2, 0) is 13.5 Å². The van der Waals surface area contributed by atoms with E-state index in [-0.39, 0.29) is 0 Å². The maximum absolute atomic E-state index is 5.73. The number of ether oxygens (including phenoxy) is 1. The van der Waals surface area contributed by atoms with Crippen molar-refractivity contribution in [3.8, 4) is 5.75 Å². The number of hydrogen-bond donors (Lipinski definition) is 1. The summed E-state index contributed by atoms with van der Waals surface area (Å²) >= 11 is 1.76. The molecule has 0 saturated heterocycles. The lowest BCUT2D eigenvalue weighted by atomic mass is 10.1. The second-order valence-electron chi connectivity index (χ2n) is 4.63. The van der Waals surface area contributed by atoms with E-state index >= 15 is 0 Å². The molecule has 20 heavy (non-hydrogen) atoms. The van der Waals surface area contributed by atoms with E-state index in [0.29, 0.717) is 13.2 Å². The third-order valence-corrected chi connectivity index (χ3v) is 3.97. The van der Waals surface area contributed by atoms with Crippen molar-refractivity contribution in [1.29, 1.82) is 0 Å². The largest absolute Gasteiger partial charge is 0.493 e. The van der Waals surface area contributed by atoms with Crippen LogP contribution in [0.3, 0.4) is 0 Å². The van der Waals surface area contributed by atoms with Gasteiger partial charge in [-0.25, -0.2) is 0 Å². The van der Waals surface area contributed by atoms with Gasteiger partial charge in [-0.1, -0.05) is 12.1 Å². The van der Waals surface area contributed by atoms with Crippen molar-refractivity contribution >= 4 is 11.8 Å². The zero-order valence-electron chi connectivity index (χ0n) is 12.0. The van der Waals surface area contributed by atoms with E-state index in [1.165, 1.54) is 10.6 Å². The van der Waals surface area contributed by atoms with Crippen LogP contribution in [0, 0.1) is 6.92 Å². The van der Waals surface area contributed by atoms with Gasteiger partial charge in [0.05, 0.1) is 17.3 Å². The molecular formula is C15H21N3OS. The lowest BCUT2D eigenvalue weighted by Crippen LogP contribution is -2.03. The molecule has 0 fully saturated rings. The van der Waals surface area contributed by atoms with Crippen LogP contribution in [0.1, 0.15) is 11.3 Å². The van der Waals surface area contributed by atoms with Crippen molar-refractivity contribution < 1.29 is 4.74 Å². The second kappa shape index (κ2) is 7.36. The molecule has 0 saturated carbocycles. The van der Waals surface area contributed by atoms with Crippen LogP contribution in [0.2, 0.25) is 0 Å². The Morgan fingerprint density at radius 3 is 2.65 bits per heavy atom. The summed E-state index contributed by atoms with van der Waals surface area (Å²) in [7, 11) is 1.96. The number of nitrogens with zero attached hydrogens (tertiary/aromatic N) is 2. The van der Waals surface area contributed by atoms with Gasteiger partial charge in [0.2, 0.25) is 0 Å². The molecule has 0 unspecified atom stereocenters. The Kier molecular flexibility index (Phi) is 5.49. The molecule has 108 valence electrons. The third kappa shape index (κ3) is 4.28. The predicted octanol–water partition coefficient (Wildman–Crippen LogP) is 2.40. The minimum atomic E-state index is 0.682. The molecule has 1 heterocycles. The smallest absolute Gasteiger partial charge is 0.119 e. The first kappa shape index (κ1) is 14.9. The van der Waals surface area contributed by atoms with E-state index < -0.39 is 0 Å². The monoisotopic (exact) mass is 291 g/mol. The maximum Gasteiger partial charge on any atom is 0.119 e. The molecule has 2 rings (SSSR count). The lowest BCUT2D eigenvalue weighted by Gasteiger charge is -2.07. The highest BCUT2D eigenvalue weighted by Gasteiger charge is 2.02. The molecule has 1 aromatic heterocycles. The van der Waals surface area contributed by atoms with Crippen molar-refractivity contribution in [2.45, 2.75) is 18.4 Å². The fraction of sp³-hybridized carbons (Fsp3) is 0.400. The van der Waals surface area contributed by atoms with Crippen molar-refractivity contribution in [2.24, 2.45) is 12.8 Å². The summed E-state index contributed by atoms with van der Waals surface area (Å²) < 4.78 is 7.63. The van der Waals surface area contributed by atoms with Gasteiger partial charge < -0.3 is 10.5 Å². The van der Waals surface area contributed by atoms with Crippen LogP contribution in [-0.4, -0.2) is 28.7 Å². The van der Waals surface area contributed by atoms with Crippen molar-refractivity contribution in [1.82, 2.24) is 9.78 Å². The standard InChI is InChI=1S/C15H21N3OS/c1-12-11-15(18(2)17-12)20-10-9-19-14-5-3-13(4-6-14)7-8-16/h3-6,11H,7-10,16H2,1-2H3. The number of benzene rings is 1. The van der Waals surface area contributed by atoms with Gasteiger partial charge in [-0.3, -0.25) is 4.68 Å². The Balaban J connectivity index is 1.74. The Morgan fingerprint density at radius 1 is 1.30 bits per heavy atom. The van der Waals surface area contributed by atoms with Gasteiger partial charge in [0.25, 0.3) is 0 Å². The van der Waals surface area contributed by atoms with Gasteiger partial charge in [0.15, 0.2) is 0 Å². The van der Waals surface area contributed by atoms with Crippen LogP contribution in [0.15, 0.2) is 35.4 Å². The Labute approximate surface area is 124 Å². The summed E-state index contributed by atoms with van der Waals surface area (Å²) in [4.78, 5) is 0. The summed E-state index contributed by atoms with van der Waals surface area (Å²) in [5, 5.41) is 5.49. The molecule has 0 aliphatic rings. The molecule has 0 atom stereocenters. The molecular weight excluding hydrogens is 270 g/mol. The summed E-state index contributed by atoms with van der Waals surface area (Å²) in [6, 6.07) is 10.2. The van der Waals surface area contributed by atoms with Gasteiger partial charge in [-0.15, -0.1) is 11.8 Å². The number of thioether (sulfide) groups is 1. The molecule has 4 nitrogen and oxygen atoms in total. The van der Waals surface area contributed by atoms with Crippen LogP contribution in [0.5, 0.6) is 5.75 Å². The topological polar surface area (TPSA) is 53.1 Å². The molecule has 2 aromatic rings. The van der Waals surface area contributed by atoms with E-state index in [1.807, 2.05) is 30.8 Å². The minimum Gasteiger partial charge on any atom is -0.493 e. The predicted molar refractivity (Wildman–Crippen MR) is 83.4 cm³/mol. The summed E-state index contributed by atoms with van der Waals surface area (Å²) in [6.45, 7) is 3.37. The fourth-order valence-corrected chi connectivity index (χ4v) is 2.80. The second-order valence-corrected chi connectivity index (χ2v) is 5.74. The fourth-order valence-electron chi connectivity index (χ4n) is 1.95. The van der Waals surface area contributed by atoms with Gasteiger partial charge in [-0.05, 0) is 43.7 Å². The average Bonchev–Trinajstić information content (AvgIpc) is 2.75. The molecule has 0 bridgehead atoms. The highest BCUT2D eigenvalue weighted by Crippen LogP contribution is 2.19. The highest BCUT2D eigenvalue weighted by atomic mass is 32.2. The molecule has 0 aliphatic heterocycles. The zero-order valence-corrected chi connectivity index (χ0v) is 12.8. The average molecular weight is 291 g/mol. The Hall–Kier alpha value is -1.46. The summed E-state index contributed by atoms with van der Waals surface area (Å²) in [6.07, 6.45) is 0.913. The van der Waals surface area contributed by atoms with Crippen molar-refractivity contribution in [3.63, 3.8) is 0 Å². The molecule has 0 radical (unpaired) electrons. The summed E-state index contributed by atoms with van der Waals surface area (Å²) in [5.41, 5.74) is 7.82. The van der Waals surface area contributed by atoms with Crippen molar-refractivity contribution in [3.05, 3.63) is 41.6 Å². The maximum atomic E-state index is 5.73. The number of hydrogen-bond acceptors (Lipinski definition) is 4. The van der Waals surface area contributed by atoms with E-state index in [4.69, 9.17) is 10.5 Å². The summed E-state index contributed by atoms with van der Waals surface area (Å²) in [5.74, 6) is 1.82. The first-order valence-corrected chi connectivity index (χ1v) is 7.73. The quantitative estimate of drug-likeness (QED) is 0.629. The lowest BCUT2D eigenvalue weighted by molar-refractivity contribution is 0.344. The first-order chi connectivity index (χ1) is 9.69. The van der Waals surface area contributed by atoms with E-state index in [1.54, 1.807) is 11.8 Å². The minimum absolute atomic E-state index is 0.682. The number of aryl methyl sites for hydroxylation is 2. The Morgan fingerprint density at radius 2 is 2.05 bits per heavy atom. The molecule has 2 N–H and O–H groups in total. The zero-order chi connectivity index (χ0) is 14.4. The first-order valence-electron chi connectivity index (χ1n) is 6.74. The van der Waals surface area contributed by atoms with E-state index in [0.717, 1.165) is 23.6 Å².